The van der Waals surface area contributed by atoms with E-state index in [0.717, 1.165) is 25.8 Å². The van der Waals surface area contributed by atoms with Gasteiger partial charge >= 0.3 is 0 Å². The van der Waals surface area contributed by atoms with E-state index in [1.807, 2.05) is 0 Å². The number of hydrogen-bond donors (Lipinski definition) is 1. The number of likely N-dealkylation sites (tertiary alicyclic amines) is 1. The number of nitrogens with two attached hydrogens (primary N) is 1. The fourth-order valence-corrected chi connectivity index (χ4v) is 3.12. The molecule has 1 amide bonds. The monoisotopic (exact) mass is 268 g/mol. The average molecular weight is 268 g/mol. The van der Waals surface area contributed by atoms with Gasteiger partial charge in [-0.15, -0.1) is 0 Å². The molecule has 2 N–H and O–H groups in total. The van der Waals surface area contributed by atoms with Crippen LogP contribution in [0, 0.1) is 5.92 Å². The van der Waals surface area contributed by atoms with Gasteiger partial charge in [0.15, 0.2) is 0 Å². The Morgan fingerprint density at radius 2 is 1.89 bits per heavy atom. The van der Waals surface area contributed by atoms with E-state index in [-0.39, 0.29) is 6.04 Å². The summed E-state index contributed by atoms with van der Waals surface area (Å²) in [6.07, 6.45) is 10.5. The van der Waals surface area contributed by atoms with E-state index < -0.39 is 0 Å². The van der Waals surface area contributed by atoms with Gasteiger partial charge in [0.05, 0.1) is 0 Å². The second-order valence-electron chi connectivity index (χ2n) is 6.03. The van der Waals surface area contributed by atoms with Gasteiger partial charge in [-0.3, -0.25) is 4.79 Å². The highest BCUT2D eigenvalue weighted by atomic mass is 16.2. The molecule has 19 heavy (non-hydrogen) atoms. The van der Waals surface area contributed by atoms with Gasteiger partial charge in [-0.2, -0.15) is 0 Å². The maximum Gasteiger partial charge on any atom is 0.222 e. The van der Waals surface area contributed by atoms with Crippen LogP contribution in [0.2, 0.25) is 0 Å². The minimum Gasteiger partial charge on any atom is -0.338 e. The predicted octanol–water partition coefficient (Wildman–Crippen LogP) is 3.32. The molecule has 0 saturated carbocycles. The van der Waals surface area contributed by atoms with Gasteiger partial charge in [0, 0.05) is 25.6 Å². The summed E-state index contributed by atoms with van der Waals surface area (Å²) in [7, 11) is 0. The van der Waals surface area contributed by atoms with Gasteiger partial charge in [0.25, 0.3) is 0 Å². The minimum absolute atomic E-state index is 0.279. The first kappa shape index (κ1) is 16.5. The molecule has 1 heterocycles. The summed E-state index contributed by atoms with van der Waals surface area (Å²) in [4.78, 5) is 14.3. The highest BCUT2D eigenvalue weighted by molar-refractivity contribution is 5.76. The van der Waals surface area contributed by atoms with Crippen LogP contribution >= 0.6 is 0 Å². The molecular formula is C16H32N2O. The maximum atomic E-state index is 12.3. The largest absolute Gasteiger partial charge is 0.338 e. The van der Waals surface area contributed by atoms with Crippen molar-refractivity contribution in [2.75, 3.05) is 13.1 Å². The van der Waals surface area contributed by atoms with Crippen molar-refractivity contribution >= 4 is 5.91 Å². The van der Waals surface area contributed by atoms with Gasteiger partial charge in [-0.1, -0.05) is 46.0 Å². The number of carbonyl (C=O) groups is 1. The third-order valence-corrected chi connectivity index (χ3v) is 4.42. The van der Waals surface area contributed by atoms with E-state index >= 15 is 0 Å². The zero-order valence-electron chi connectivity index (χ0n) is 12.9. The molecule has 2 atom stereocenters. The molecule has 1 saturated heterocycles. The molecule has 112 valence electrons. The van der Waals surface area contributed by atoms with Crippen LogP contribution in [0.1, 0.15) is 71.6 Å². The van der Waals surface area contributed by atoms with Gasteiger partial charge in [0.1, 0.15) is 0 Å². The lowest BCUT2D eigenvalue weighted by atomic mass is 9.90. The fraction of sp³-hybridized carbons (Fsp3) is 0.938. The van der Waals surface area contributed by atoms with Gasteiger partial charge in [-0.05, 0) is 25.2 Å². The summed E-state index contributed by atoms with van der Waals surface area (Å²) < 4.78 is 0. The first-order valence-corrected chi connectivity index (χ1v) is 8.20. The predicted molar refractivity (Wildman–Crippen MR) is 80.9 cm³/mol. The van der Waals surface area contributed by atoms with E-state index in [2.05, 4.69) is 18.7 Å². The average Bonchev–Trinajstić information content (AvgIpc) is 2.42. The molecule has 0 aromatic rings. The van der Waals surface area contributed by atoms with Crippen LogP contribution < -0.4 is 5.73 Å². The minimum atomic E-state index is 0.279. The molecule has 0 radical (unpaired) electrons. The van der Waals surface area contributed by atoms with Crippen molar-refractivity contribution in [2.24, 2.45) is 11.7 Å². The smallest absolute Gasteiger partial charge is 0.222 e. The summed E-state index contributed by atoms with van der Waals surface area (Å²) in [5, 5.41) is 0. The first-order valence-electron chi connectivity index (χ1n) is 8.20. The SMILES string of the molecule is CCCCCCCCC(=O)N1CCCC(C)C1CN. The van der Waals surface area contributed by atoms with Crippen LogP contribution in [0.25, 0.3) is 0 Å². The summed E-state index contributed by atoms with van der Waals surface area (Å²) >= 11 is 0. The van der Waals surface area contributed by atoms with Crippen LogP contribution in [0.3, 0.4) is 0 Å². The van der Waals surface area contributed by atoms with Crippen molar-refractivity contribution in [1.29, 1.82) is 0 Å². The Kier molecular flexibility index (Phi) is 8.11. The lowest BCUT2D eigenvalue weighted by Crippen LogP contribution is -2.51. The number of rotatable bonds is 8. The van der Waals surface area contributed by atoms with E-state index in [0.29, 0.717) is 18.4 Å². The Bertz CT molecular complexity index is 255. The Morgan fingerprint density at radius 1 is 1.21 bits per heavy atom. The number of carbonyl (C=O) groups excluding carboxylic acids is 1. The fourth-order valence-electron chi connectivity index (χ4n) is 3.12. The van der Waals surface area contributed by atoms with Gasteiger partial charge in [0.2, 0.25) is 5.91 Å². The third-order valence-electron chi connectivity index (χ3n) is 4.42. The molecule has 3 heteroatoms. The Balaban J connectivity index is 2.24. The van der Waals surface area contributed by atoms with Crippen LogP contribution in [-0.2, 0) is 4.79 Å². The summed E-state index contributed by atoms with van der Waals surface area (Å²) in [5.41, 5.74) is 5.84. The van der Waals surface area contributed by atoms with E-state index in [4.69, 9.17) is 5.73 Å². The molecule has 1 fully saturated rings. The summed E-state index contributed by atoms with van der Waals surface area (Å²) in [6, 6.07) is 0.279. The lowest BCUT2D eigenvalue weighted by Gasteiger charge is -2.39. The molecule has 0 spiro atoms. The van der Waals surface area contributed by atoms with Crippen molar-refractivity contribution in [2.45, 2.75) is 77.7 Å². The molecule has 3 nitrogen and oxygen atoms in total. The molecule has 2 unspecified atom stereocenters. The van der Waals surface area contributed by atoms with Gasteiger partial charge < -0.3 is 10.6 Å². The maximum absolute atomic E-state index is 12.3. The molecule has 0 aromatic heterocycles. The van der Waals surface area contributed by atoms with Crippen molar-refractivity contribution in [3.63, 3.8) is 0 Å². The Morgan fingerprint density at radius 3 is 2.58 bits per heavy atom. The number of unbranched alkanes of at least 4 members (excludes halogenated alkanes) is 5. The number of amides is 1. The molecule has 1 rings (SSSR count). The number of hydrogen-bond acceptors (Lipinski definition) is 2. The number of nitrogens with zero attached hydrogens (tertiary/aromatic N) is 1. The number of piperidine rings is 1. The highest BCUT2D eigenvalue weighted by Crippen LogP contribution is 2.23. The second-order valence-corrected chi connectivity index (χ2v) is 6.03. The van der Waals surface area contributed by atoms with Gasteiger partial charge in [-0.25, -0.2) is 0 Å². The van der Waals surface area contributed by atoms with Crippen LogP contribution in [0.5, 0.6) is 0 Å². The zero-order valence-corrected chi connectivity index (χ0v) is 12.9. The standard InChI is InChI=1S/C16H32N2O/c1-3-4-5-6-7-8-11-16(19)18-12-9-10-14(2)15(18)13-17/h14-15H,3-13,17H2,1-2H3. The topological polar surface area (TPSA) is 46.3 Å². The van der Waals surface area contributed by atoms with Crippen LogP contribution in [0.4, 0.5) is 0 Å². The Labute approximate surface area is 118 Å². The van der Waals surface area contributed by atoms with E-state index in [1.54, 1.807) is 0 Å². The van der Waals surface area contributed by atoms with Crippen molar-refractivity contribution in [3.05, 3.63) is 0 Å². The third kappa shape index (κ3) is 5.52. The molecule has 0 aliphatic carbocycles. The van der Waals surface area contributed by atoms with E-state index in [1.165, 1.54) is 38.5 Å². The normalized spacial score (nSPS) is 23.6. The van der Waals surface area contributed by atoms with E-state index in [9.17, 15) is 4.79 Å². The quantitative estimate of drug-likeness (QED) is 0.686. The molecule has 0 aromatic carbocycles. The van der Waals surface area contributed by atoms with Crippen molar-refractivity contribution in [1.82, 2.24) is 4.90 Å². The van der Waals surface area contributed by atoms with Crippen molar-refractivity contribution < 1.29 is 4.79 Å². The second kappa shape index (κ2) is 9.35. The first-order chi connectivity index (χ1) is 9.20. The summed E-state index contributed by atoms with van der Waals surface area (Å²) in [6.45, 7) is 5.99. The highest BCUT2D eigenvalue weighted by Gasteiger charge is 2.30. The molecular weight excluding hydrogens is 236 g/mol. The molecule has 0 bridgehead atoms. The van der Waals surface area contributed by atoms with Crippen LogP contribution in [0.15, 0.2) is 0 Å². The Hall–Kier alpha value is -0.570. The molecule has 1 aliphatic heterocycles. The molecule has 1 aliphatic rings. The zero-order chi connectivity index (χ0) is 14.1. The van der Waals surface area contributed by atoms with Crippen LogP contribution in [-0.4, -0.2) is 29.9 Å². The summed E-state index contributed by atoms with van der Waals surface area (Å²) in [5.74, 6) is 0.893. The van der Waals surface area contributed by atoms with Crippen molar-refractivity contribution in [3.8, 4) is 0 Å². The lowest BCUT2D eigenvalue weighted by molar-refractivity contribution is -0.136.